The summed E-state index contributed by atoms with van der Waals surface area (Å²) in [6, 6.07) is 10.3. The van der Waals surface area contributed by atoms with Gasteiger partial charge in [-0.1, -0.05) is 31.4 Å². The van der Waals surface area contributed by atoms with E-state index in [0.29, 0.717) is 24.2 Å². The highest BCUT2D eigenvalue weighted by Crippen LogP contribution is 2.33. The summed E-state index contributed by atoms with van der Waals surface area (Å²) in [5.41, 5.74) is 0.693. The number of methoxy groups -OCH3 is 2. The molecule has 0 heterocycles. The van der Waals surface area contributed by atoms with Gasteiger partial charge in [0.2, 0.25) is 26.0 Å². The van der Waals surface area contributed by atoms with Crippen molar-refractivity contribution in [3.63, 3.8) is 0 Å². The number of nitrogens with one attached hydrogen (secondary N) is 1. The molecule has 3 rings (SSSR count). The molecule has 2 aromatic carbocycles. The van der Waals surface area contributed by atoms with E-state index in [2.05, 4.69) is 5.32 Å². The minimum atomic E-state index is -4.00. The second-order valence-electron chi connectivity index (χ2n) is 9.07. The Morgan fingerprint density at radius 3 is 2.03 bits per heavy atom. The van der Waals surface area contributed by atoms with Gasteiger partial charge in [-0.25, -0.2) is 21.1 Å². The van der Waals surface area contributed by atoms with Crippen LogP contribution in [0.15, 0.2) is 52.3 Å². The van der Waals surface area contributed by atoms with E-state index < -0.39 is 26.0 Å². The summed E-state index contributed by atoms with van der Waals surface area (Å²) in [7, 11) is -1.73. The average molecular weight is 554 g/mol. The van der Waals surface area contributed by atoms with Crippen molar-refractivity contribution in [3.8, 4) is 11.5 Å². The molecule has 204 valence electrons. The molecule has 0 unspecified atom stereocenters. The Morgan fingerprint density at radius 2 is 1.46 bits per heavy atom. The van der Waals surface area contributed by atoms with Gasteiger partial charge in [0.15, 0.2) is 11.5 Å². The number of benzene rings is 2. The number of ether oxygens (including phenoxy) is 2. The number of hydrogen-bond donors (Lipinski definition) is 1. The van der Waals surface area contributed by atoms with Crippen molar-refractivity contribution >= 4 is 26.0 Å². The second kappa shape index (κ2) is 12.2. The number of carbonyl (C=O) groups is 1. The molecule has 1 aliphatic carbocycles. The quantitative estimate of drug-likeness (QED) is 0.454. The number of sulfonamides is 2. The third-order valence-corrected chi connectivity index (χ3v) is 10.2. The predicted molar refractivity (Wildman–Crippen MR) is 139 cm³/mol. The molecule has 1 fully saturated rings. The van der Waals surface area contributed by atoms with Crippen molar-refractivity contribution in [2.75, 3.05) is 34.9 Å². The monoisotopic (exact) mass is 553 g/mol. The average Bonchev–Trinajstić information content (AvgIpc) is 2.90. The number of rotatable bonds is 11. The molecule has 1 N–H and O–H groups in total. The zero-order chi connectivity index (χ0) is 27.2. The largest absolute Gasteiger partial charge is 0.493 e. The van der Waals surface area contributed by atoms with Crippen LogP contribution in [0, 0.1) is 0 Å². The highest BCUT2D eigenvalue weighted by molar-refractivity contribution is 7.89. The van der Waals surface area contributed by atoms with Gasteiger partial charge >= 0.3 is 0 Å². The maximum atomic E-state index is 13.7. The highest BCUT2D eigenvalue weighted by Gasteiger charge is 2.34. The summed E-state index contributed by atoms with van der Waals surface area (Å²) in [6.45, 7) is -0.190. The van der Waals surface area contributed by atoms with Crippen LogP contribution in [0.4, 0.5) is 0 Å². The number of hydrogen-bond acceptors (Lipinski definition) is 7. The Hall–Kier alpha value is -2.67. The second-order valence-corrected chi connectivity index (χ2v) is 13.1. The van der Waals surface area contributed by atoms with Crippen molar-refractivity contribution < 1.29 is 31.1 Å². The van der Waals surface area contributed by atoms with E-state index in [0.717, 1.165) is 23.6 Å². The van der Waals surface area contributed by atoms with Crippen molar-refractivity contribution in [2.24, 2.45) is 0 Å². The van der Waals surface area contributed by atoms with Crippen LogP contribution in [0.25, 0.3) is 0 Å². The Labute approximate surface area is 219 Å². The molecule has 0 bridgehead atoms. The number of nitrogens with zero attached hydrogens (tertiary/aromatic N) is 2. The van der Waals surface area contributed by atoms with Crippen molar-refractivity contribution in [1.82, 2.24) is 13.9 Å². The summed E-state index contributed by atoms with van der Waals surface area (Å²) >= 11 is 0. The van der Waals surface area contributed by atoms with Gasteiger partial charge in [-0.2, -0.15) is 4.31 Å². The van der Waals surface area contributed by atoms with E-state index in [1.807, 2.05) is 0 Å². The Morgan fingerprint density at radius 1 is 0.865 bits per heavy atom. The van der Waals surface area contributed by atoms with Crippen LogP contribution >= 0.6 is 0 Å². The molecule has 1 amide bonds. The molecule has 2 aromatic rings. The maximum absolute atomic E-state index is 13.7. The molecular formula is C25H35N3O7S2. The smallest absolute Gasteiger partial charge is 0.243 e. The molecule has 0 saturated heterocycles. The Bertz CT molecular complexity index is 1290. The topological polar surface area (TPSA) is 122 Å². The standard InChI is InChI=1S/C25H35N3O7S2/c1-27(2)36(30,31)21-12-10-19(11-13-21)17-26-25(29)18-28(20-8-6-5-7-9-20)37(32,33)22-14-15-23(34-3)24(16-22)35-4/h10-16,20H,5-9,17-18H2,1-4H3,(H,26,29). The normalized spacial score (nSPS) is 15.1. The van der Waals surface area contributed by atoms with Crippen molar-refractivity contribution in [3.05, 3.63) is 48.0 Å². The molecular weight excluding hydrogens is 518 g/mol. The Balaban J connectivity index is 1.77. The lowest BCUT2D eigenvalue weighted by molar-refractivity contribution is -0.121. The fourth-order valence-corrected chi connectivity index (χ4v) is 6.84. The van der Waals surface area contributed by atoms with Crippen LogP contribution in [0.3, 0.4) is 0 Å². The lowest BCUT2D eigenvalue weighted by Gasteiger charge is -2.33. The third-order valence-electron chi connectivity index (χ3n) is 6.43. The van der Waals surface area contributed by atoms with Gasteiger partial charge in [-0.15, -0.1) is 0 Å². The van der Waals surface area contributed by atoms with Gasteiger partial charge in [0, 0.05) is 32.7 Å². The predicted octanol–water partition coefficient (Wildman–Crippen LogP) is 2.59. The van der Waals surface area contributed by atoms with E-state index in [1.54, 1.807) is 12.1 Å². The first kappa shape index (κ1) is 28.9. The molecule has 10 nitrogen and oxygen atoms in total. The van der Waals surface area contributed by atoms with E-state index >= 15 is 0 Å². The van der Waals surface area contributed by atoms with Gasteiger partial charge in [0.1, 0.15) is 0 Å². The summed E-state index contributed by atoms with van der Waals surface area (Å²) in [6.07, 6.45) is 4.19. The lowest BCUT2D eigenvalue weighted by atomic mass is 9.95. The number of amides is 1. The van der Waals surface area contributed by atoms with Gasteiger partial charge in [-0.05, 0) is 42.7 Å². The van der Waals surface area contributed by atoms with E-state index in [9.17, 15) is 21.6 Å². The van der Waals surface area contributed by atoms with E-state index in [4.69, 9.17) is 9.47 Å². The van der Waals surface area contributed by atoms with Gasteiger partial charge < -0.3 is 14.8 Å². The van der Waals surface area contributed by atoms with Crippen LogP contribution in [0.5, 0.6) is 11.5 Å². The van der Waals surface area contributed by atoms with E-state index in [1.165, 1.54) is 63.0 Å². The number of carbonyl (C=O) groups excluding carboxylic acids is 1. The zero-order valence-corrected chi connectivity index (χ0v) is 23.3. The molecule has 1 aliphatic rings. The van der Waals surface area contributed by atoms with Crippen LogP contribution in [0.2, 0.25) is 0 Å². The molecule has 1 saturated carbocycles. The summed E-state index contributed by atoms with van der Waals surface area (Å²) in [5.74, 6) is 0.253. The van der Waals surface area contributed by atoms with Gasteiger partial charge in [-0.3, -0.25) is 4.79 Å². The maximum Gasteiger partial charge on any atom is 0.243 e. The third kappa shape index (κ3) is 6.81. The minimum absolute atomic E-state index is 0.0289. The fraction of sp³-hybridized carbons (Fsp3) is 0.480. The van der Waals surface area contributed by atoms with Crippen molar-refractivity contribution in [1.29, 1.82) is 0 Å². The zero-order valence-electron chi connectivity index (χ0n) is 21.6. The molecule has 0 radical (unpaired) electrons. The fourth-order valence-electron chi connectivity index (χ4n) is 4.28. The van der Waals surface area contributed by atoms with Crippen LogP contribution in [0.1, 0.15) is 37.7 Å². The SMILES string of the molecule is COc1ccc(S(=O)(=O)N(CC(=O)NCc2ccc(S(=O)(=O)N(C)C)cc2)C2CCCCC2)cc1OC. The van der Waals surface area contributed by atoms with Crippen molar-refractivity contribution in [2.45, 2.75) is 54.5 Å². The molecule has 0 aliphatic heterocycles. The van der Waals surface area contributed by atoms with Gasteiger partial charge in [0.25, 0.3) is 0 Å². The van der Waals surface area contributed by atoms with E-state index in [-0.39, 0.29) is 34.7 Å². The summed E-state index contributed by atoms with van der Waals surface area (Å²) in [4.78, 5) is 13.1. The summed E-state index contributed by atoms with van der Waals surface area (Å²) < 4.78 is 64.8. The first-order valence-corrected chi connectivity index (χ1v) is 14.9. The Kier molecular flexibility index (Phi) is 9.57. The molecule has 0 aromatic heterocycles. The first-order chi connectivity index (χ1) is 17.5. The molecule has 12 heteroatoms. The lowest BCUT2D eigenvalue weighted by Crippen LogP contribution is -2.46. The molecule has 0 atom stereocenters. The molecule has 0 spiro atoms. The molecule has 37 heavy (non-hydrogen) atoms. The summed E-state index contributed by atoms with van der Waals surface area (Å²) in [5, 5.41) is 2.76. The van der Waals surface area contributed by atoms with Crippen LogP contribution < -0.4 is 14.8 Å². The van der Waals surface area contributed by atoms with Gasteiger partial charge in [0.05, 0.1) is 30.6 Å². The highest BCUT2D eigenvalue weighted by atomic mass is 32.2. The first-order valence-electron chi connectivity index (χ1n) is 12.0. The van der Waals surface area contributed by atoms with Crippen LogP contribution in [-0.2, 0) is 31.4 Å². The minimum Gasteiger partial charge on any atom is -0.493 e. The van der Waals surface area contributed by atoms with Crippen LogP contribution in [-0.4, -0.2) is 72.3 Å².